The quantitative estimate of drug-likeness (QED) is 0.485. The average molecular weight is 264 g/mol. The summed E-state index contributed by atoms with van der Waals surface area (Å²) in [4.78, 5) is 0. The molecule has 0 atom stereocenters. The zero-order valence-electron chi connectivity index (χ0n) is 13.2. The summed E-state index contributed by atoms with van der Waals surface area (Å²) in [5, 5.41) is 0.0409. The number of hydrogen-bond acceptors (Lipinski definition) is 2. The molecular weight excluding hydrogens is 240 g/mol. The van der Waals surface area contributed by atoms with E-state index in [0.717, 1.165) is 0 Å². The molecule has 1 heterocycles. The molecule has 1 fully saturated rings. The largest absolute Gasteiger partial charge is 0.213 e. The van der Waals surface area contributed by atoms with Gasteiger partial charge in [0, 0.05) is 13.1 Å². The minimum Gasteiger partial charge on any atom is -0.213 e. The van der Waals surface area contributed by atoms with E-state index in [9.17, 15) is 8.42 Å². The maximum Gasteiger partial charge on any atom is 0.211 e. The highest BCUT2D eigenvalue weighted by Crippen LogP contribution is 2.66. The second kappa shape index (κ2) is 4.37. The molecule has 1 aliphatic heterocycles. The molecule has 0 aromatic rings. The Morgan fingerprint density at radius 2 is 1.33 bits per heavy atom. The fourth-order valence-electron chi connectivity index (χ4n) is 3.98. The van der Waals surface area contributed by atoms with E-state index in [1.54, 1.807) is 4.31 Å². The highest BCUT2D eigenvalue weighted by Gasteiger charge is 2.57. The van der Waals surface area contributed by atoms with Crippen molar-refractivity contribution in [2.24, 2.45) is 5.92 Å². The number of rotatable bonds is 2. The molecule has 0 amide bonds. The zero-order chi connectivity index (χ0) is 14.6. The summed E-state index contributed by atoms with van der Waals surface area (Å²) in [6.45, 7) is 5.73. The summed E-state index contributed by atoms with van der Waals surface area (Å²) in [6.07, 6.45) is 1.32. The summed E-state index contributed by atoms with van der Waals surface area (Å²) in [5.74, 6) is 0.518. The molecule has 1 saturated heterocycles. The average Bonchev–Trinajstić information content (AvgIpc) is 2.10. The van der Waals surface area contributed by atoms with E-state index in [1.807, 2.05) is 0 Å². The minimum absolute atomic E-state index is 0.0357. The van der Waals surface area contributed by atoms with E-state index >= 15 is 0 Å². The van der Waals surface area contributed by atoms with Crippen molar-refractivity contribution in [2.45, 2.75) is 29.6 Å². The maximum atomic E-state index is 11.9. The van der Waals surface area contributed by atoms with Gasteiger partial charge < -0.3 is 0 Å². The van der Waals surface area contributed by atoms with Crippen LogP contribution in [0.4, 0.5) is 0 Å². The molecule has 0 aromatic carbocycles. The molecule has 0 aromatic heterocycles. The van der Waals surface area contributed by atoms with Gasteiger partial charge in [0.2, 0.25) is 10.0 Å². The molecular formula is C9H24B5NO2S. The first-order valence-electron chi connectivity index (χ1n) is 6.71. The number of sulfonamides is 1. The van der Waals surface area contributed by atoms with Gasteiger partial charge in [0.25, 0.3) is 0 Å². The predicted molar refractivity (Wildman–Crippen MR) is 92.1 cm³/mol. The van der Waals surface area contributed by atoms with Crippen LogP contribution < -0.4 is 0 Å². The third-order valence-electron chi connectivity index (χ3n) is 5.58. The normalized spacial score (nSPS) is 27.1. The Bertz CT molecular complexity index is 416. The molecule has 0 saturated carbocycles. The Morgan fingerprint density at radius 1 is 1.00 bits per heavy atom. The second-order valence-electron chi connectivity index (χ2n) is 7.66. The van der Waals surface area contributed by atoms with Crippen LogP contribution in [0.2, 0.25) is 15.7 Å². The highest BCUT2D eigenvalue weighted by atomic mass is 32.2. The van der Waals surface area contributed by atoms with Gasteiger partial charge in [0.1, 0.15) is 39.2 Å². The van der Waals surface area contributed by atoms with Gasteiger partial charge in [-0.15, -0.1) is 0 Å². The molecule has 0 N–H and O–H groups in total. The molecule has 18 heavy (non-hydrogen) atoms. The molecule has 0 bridgehead atoms. The van der Waals surface area contributed by atoms with E-state index in [4.69, 9.17) is 0 Å². The Balaban J connectivity index is 3.31. The van der Waals surface area contributed by atoms with Crippen molar-refractivity contribution >= 4 is 49.3 Å². The lowest BCUT2D eigenvalue weighted by Crippen LogP contribution is -2.60. The molecule has 3 nitrogen and oxygen atoms in total. The van der Waals surface area contributed by atoms with Gasteiger partial charge in [-0.2, -0.15) is 0 Å². The molecule has 9 heteroatoms. The first kappa shape index (κ1) is 16.3. The molecule has 0 radical (unpaired) electrons. The van der Waals surface area contributed by atoms with Gasteiger partial charge in [-0.1, -0.05) is 35.5 Å². The molecule has 1 rings (SSSR count). The molecule has 98 valence electrons. The number of piperidine rings is 1. The van der Waals surface area contributed by atoms with Gasteiger partial charge in [0.15, 0.2) is 0 Å². The van der Waals surface area contributed by atoms with Crippen LogP contribution in [0.5, 0.6) is 0 Å². The monoisotopic (exact) mass is 265 g/mol. The van der Waals surface area contributed by atoms with E-state index in [-0.39, 0.29) is 15.7 Å². The van der Waals surface area contributed by atoms with Gasteiger partial charge in [-0.05, 0) is 0 Å². The van der Waals surface area contributed by atoms with Crippen LogP contribution in [0.3, 0.4) is 0 Å². The third kappa shape index (κ3) is 2.33. The summed E-state index contributed by atoms with van der Waals surface area (Å²) in [5.41, 5.74) is 0. The lowest BCUT2D eigenvalue weighted by Gasteiger charge is -2.63. The summed E-state index contributed by atoms with van der Waals surface area (Å²) in [7, 11) is 8.01. The van der Waals surface area contributed by atoms with Crippen LogP contribution in [0, 0.1) is 5.92 Å². The third-order valence-corrected chi connectivity index (χ3v) is 6.78. The maximum absolute atomic E-state index is 11.9. The standard InChI is InChI=1S/C9H24B5NO2S/c1-6(2)9(14)7(10,11)4-15(18(3,16)17)5-8(9,12)13/h6H,4-5,10-14H2,1-3H3. The Kier molecular flexibility index (Phi) is 3.96. The fraction of sp³-hybridized carbons (Fsp3) is 1.00. The number of hydrogen-bond donors (Lipinski definition) is 0. The van der Waals surface area contributed by atoms with Crippen LogP contribution in [0.1, 0.15) is 13.8 Å². The Labute approximate surface area is 117 Å². The van der Waals surface area contributed by atoms with Gasteiger partial charge >= 0.3 is 0 Å². The van der Waals surface area contributed by atoms with Gasteiger partial charge in [0.05, 0.1) is 6.26 Å². The van der Waals surface area contributed by atoms with Crippen molar-refractivity contribution < 1.29 is 8.42 Å². The first-order chi connectivity index (χ1) is 7.76. The van der Waals surface area contributed by atoms with Crippen molar-refractivity contribution in [3.63, 3.8) is 0 Å². The van der Waals surface area contributed by atoms with Crippen LogP contribution in [0.15, 0.2) is 0 Å². The van der Waals surface area contributed by atoms with E-state index < -0.39 is 10.0 Å². The molecule has 0 unspecified atom stereocenters. The highest BCUT2D eigenvalue weighted by molar-refractivity contribution is 7.88. The van der Waals surface area contributed by atoms with E-state index in [2.05, 4.69) is 53.1 Å². The van der Waals surface area contributed by atoms with Gasteiger partial charge in [-0.3, -0.25) is 0 Å². The number of nitrogens with zero attached hydrogens (tertiary/aromatic N) is 1. The predicted octanol–water partition coefficient (Wildman–Crippen LogP) is -3.53. The van der Waals surface area contributed by atoms with E-state index in [0.29, 0.717) is 19.0 Å². The van der Waals surface area contributed by atoms with Gasteiger partial charge in [-0.25, -0.2) is 12.7 Å². The topological polar surface area (TPSA) is 37.4 Å². The Morgan fingerprint density at radius 3 is 1.56 bits per heavy atom. The van der Waals surface area contributed by atoms with Crippen molar-refractivity contribution in [3.8, 4) is 0 Å². The second-order valence-corrected chi connectivity index (χ2v) is 9.64. The van der Waals surface area contributed by atoms with Crippen LogP contribution in [0.25, 0.3) is 0 Å². The van der Waals surface area contributed by atoms with Crippen molar-refractivity contribution in [1.82, 2.24) is 4.31 Å². The van der Waals surface area contributed by atoms with Crippen LogP contribution in [-0.2, 0) is 10.0 Å². The summed E-state index contributed by atoms with van der Waals surface area (Å²) < 4.78 is 25.4. The first-order valence-corrected chi connectivity index (χ1v) is 8.56. The lowest BCUT2D eigenvalue weighted by atomic mass is 9.20. The van der Waals surface area contributed by atoms with Crippen molar-refractivity contribution in [3.05, 3.63) is 0 Å². The molecule has 0 spiro atoms. The zero-order valence-corrected chi connectivity index (χ0v) is 14.0. The smallest absolute Gasteiger partial charge is 0.211 e. The summed E-state index contributed by atoms with van der Waals surface area (Å²) in [6, 6.07) is 0. The van der Waals surface area contributed by atoms with E-state index in [1.165, 1.54) is 6.26 Å². The van der Waals surface area contributed by atoms with Crippen LogP contribution in [-0.4, -0.2) is 71.3 Å². The minimum atomic E-state index is -3.11. The molecule has 0 aliphatic carbocycles. The lowest BCUT2D eigenvalue weighted by molar-refractivity contribution is 0.204. The van der Waals surface area contributed by atoms with Crippen LogP contribution >= 0.6 is 0 Å². The SMILES string of the molecule is BC1(B)CN(S(C)(=O)=O)CC(B)(B)C1(B)C(C)C. The molecule has 1 aliphatic rings. The van der Waals surface area contributed by atoms with Crippen molar-refractivity contribution in [2.75, 3.05) is 19.3 Å². The summed E-state index contributed by atoms with van der Waals surface area (Å²) >= 11 is 0. The Hall–Kier alpha value is 0.235. The van der Waals surface area contributed by atoms with Crippen molar-refractivity contribution in [1.29, 1.82) is 0 Å². The fourth-order valence-corrected chi connectivity index (χ4v) is 5.09.